The molecule has 1 aliphatic heterocycles. The maximum absolute atomic E-state index is 12.8. The van der Waals surface area contributed by atoms with Gasteiger partial charge in [0.25, 0.3) is 0 Å². The molecule has 0 spiro atoms. The number of rotatable bonds is 6. The Labute approximate surface area is 122 Å². The summed E-state index contributed by atoms with van der Waals surface area (Å²) in [6.45, 7) is 1.30. The van der Waals surface area contributed by atoms with Crippen LogP contribution in [0.4, 0.5) is 4.39 Å². The minimum Gasteiger partial charge on any atom is -0.481 e. The second-order valence-electron chi connectivity index (χ2n) is 5.27. The number of nitrogens with zero attached hydrogens (tertiary/aromatic N) is 1. The van der Waals surface area contributed by atoms with Gasteiger partial charge in [0.05, 0.1) is 13.0 Å². The van der Waals surface area contributed by atoms with Gasteiger partial charge in [-0.05, 0) is 37.1 Å². The predicted octanol–water partition coefficient (Wildman–Crippen LogP) is 1.38. The van der Waals surface area contributed by atoms with E-state index in [0.29, 0.717) is 6.54 Å². The third-order valence-electron chi connectivity index (χ3n) is 3.66. The van der Waals surface area contributed by atoms with E-state index in [1.54, 1.807) is 12.1 Å². The number of carbonyl (C=O) groups is 2. The van der Waals surface area contributed by atoms with Crippen LogP contribution in [0.3, 0.4) is 0 Å². The fraction of sp³-hybridized carbons (Fsp3) is 0.467. The molecule has 2 N–H and O–H groups in total. The molecule has 1 fully saturated rings. The number of hydrogen-bond donors (Lipinski definition) is 2. The van der Waals surface area contributed by atoms with Crippen LogP contribution >= 0.6 is 0 Å². The second kappa shape index (κ2) is 7.17. The molecule has 1 aliphatic rings. The molecular weight excluding hydrogens is 275 g/mol. The fourth-order valence-electron chi connectivity index (χ4n) is 2.58. The third-order valence-corrected chi connectivity index (χ3v) is 3.66. The molecule has 0 aliphatic carbocycles. The van der Waals surface area contributed by atoms with Crippen LogP contribution in [0, 0.1) is 5.82 Å². The van der Waals surface area contributed by atoms with E-state index in [1.165, 1.54) is 12.1 Å². The van der Waals surface area contributed by atoms with Crippen LogP contribution in [0.2, 0.25) is 0 Å². The summed E-state index contributed by atoms with van der Waals surface area (Å²) in [5.41, 5.74) is 0.827. The average Bonchev–Trinajstić information content (AvgIpc) is 2.84. The predicted molar refractivity (Wildman–Crippen MR) is 75.1 cm³/mol. The molecule has 0 saturated carbocycles. The summed E-state index contributed by atoms with van der Waals surface area (Å²) in [7, 11) is 0. The largest absolute Gasteiger partial charge is 0.481 e. The van der Waals surface area contributed by atoms with E-state index in [-0.39, 0.29) is 30.7 Å². The Hall–Kier alpha value is -1.95. The normalized spacial score (nSPS) is 18.6. The molecule has 1 unspecified atom stereocenters. The number of nitrogens with one attached hydrogen (secondary N) is 1. The maximum Gasteiger partial charge on any atom is 0.304 e. The van der Waals surface area contributed by atoms with Gasteiger partial charge in [-0.1, -0.05) is 12.1 Å². The van der Waals surface area contributed by atoms with Crippen molar-refractivity contribution >= 4 is 11.9 Å². The molecule has 0 bridgehead atoms. The zero-order chi connectivity index (χ0) is 15.2. The summed E-state index contributed by atoms with van der Waals surface area (Å²) in [5, 5.41) is 11.6. The molecule has 21 heavy (non-hydrogen) atoms. The van der Waals surface area contributed by atoms with E-state index >= 15 is 0 Å². The fourth-order valence-corrected chi connectivity index (χ4v) is 2.58. The highest BCUT2D eigenvalue weighted by atomic mass is 19.1. The molecular formula is C15H19FN2O3. The number of likely N-dealkylation sites (tertiary alicyclic amines) is 1. The molecule has 1 amide bonds. The van der Waals surface area contributed by atoms with Crippen LogP contribution in [0.25, 0.3) is 0 Å². The average molecular weight is 294 g/mol. The topological polar surface area (TPSA) is 69.6 Å². The first kappa shape index (κ1) is 15.4. The number of amides is 1. The van der Waals surface area contributed by atoms with Crippen molar-refractivity contribution in [3.63, 3.8) is 0 Å². The molecule has 2 rings (SSSR count). The van der Waals surface area contributed by atoms with Gasteiger partial charge in [-0.25, -0.2) is 4.39 Å². The van der Waals surface area contributed by atoms with E-state index in [9.17, 15) is 14.0 Å². The van der Waals surface area contributed by atoms with E-state index in [2.05, 4.69) is 5.32 Å². The summed E-state index contributed by atoms with van der Waals surface area (Å²) >= 11 is 0. The molecule has 6 heteroatoms. The van der Waals surface area contributed by atoms with Gasteiger partial charge in [-0.2, -0.15) is 0 Å². The van der Waals surface area contributed by atoms with Gasteiger partial charge >= 0.3 is 5.97 Å². The van der Waals surface area contributed by atoms with Crippen LogP contribution in [0.1, 0.15) is 24.8 Å². The van der Waals surface area contributed by atoms with Crippen molar-refractivity contribution in [1.29, 1.82) is 0 Å². The Morgan fingerprint density at radius 1 is 1.33 bits per heavy atom. The van der Waals surface area contributed by atoms with Gasteiger partial charge in [0.1, 0.15) is 5.82 Å². The zero-order valence-electron chi connectivity index (χ0n) is 11.7. The van der Waals surface area contributed by atoms with Crippen molar-refractivity contribution in [3.05, 3.63) is 35.6 Å². The lowest BCUT2D eigenvalue weighted by Gasteiger charge is -2.22. The van der Waals surface area contributed by atoms with Crippen LogP contribution in [0.5, 0.6) is 0 Å². The molecule has 0 aromatic heterocycles. The first-order valence-corrected chi connectivity index (χ1v) is 7.01. The van der Waals surface area contributed by atoms with Crippen molar-refractivity contribution < 1.29 is 19.1 Å². The van der Waals surface area contributed by atoms with Gasteiger partial charge in [0.2, 0.25) is 5.91 Å². The van der Waals surface area contributed by atoms with Crippen molar-refractivity contribution in [2.24, 2.45) is 0 Å². The Bertz CT molecular complexity index is 504. The van der Waals surface area contributed by atoms with Crippen molar-refractivity contribution in [2.75, 3.05) is 13.1 Å². The quantitative estimate of drug-likeness (QED) is 0.831. The maximum atomic E-state index is 12.8. The monoisotopic (exact) mass is 294 g/mol. The first-order chi connectivity index (χ1) is 10.0. The summed E-state index contributed by atoms with van der Waals surface area (Å²) in [5.74, 6) is -1.28. The van der Waals surface area contributed by atoms with E-state index in [0.717, 1.165) is 24.9 Å². The molecule has 1 aromatic carbocycles. The second-order valence-corrected chi connectivity index (χ2v) is 5.27. The molecule has 114 valence electrons. The third kappa shape index (κ3) is 4.82. The number of benzene rings is 1. The molecule has 1 saturated heterocycles. The van der Waals surface area contributed by atoms with Gasteiger partial charge in [0.15, 0.2) is 0 Å². The van der Waals surface area contributed by atoms with Crippen molar-refractivity contribution in [1.82, 2.24) is 10.2 Å². The number of halogens is 1. The van der Waals surface area contributed by atoms with Crippen LogP contribution in [-0.4, -0.2) is 41.0 Å². The molecule has 0 radical (unpaired) electrons. The standard InChI is InChI=1S/C15H19FN2O3/c16-12-5-3-11(4-6-12)9-17-14(19)10-18-7-1-2-13(18)8-15(20)21/h3-6,13H,1-2,7-10H2,(H,17,19)(H,20,21). The number of carboxylic acids is 1. The lowest BCUT2D eigenvalue weighted by atomic mass is 10.1. The Morgan fingerprint density at radius 3 is 2.71 bits per heavy atom. The highest BCUT2D eigenvalue weighted by Gasteiger charge is 2.27. The molecule has 1 atom stereocenters. The molecule has 1 heterocycles. The van der Waals surface area contributed by atoms with Crippen LogP contribution < -0.4 is 5.32 Å². The molecule has 5 nitrogen and oxygen atoms in total. The van der Waals surface area contributed by atoms with Crippen molar-refractivity contribution in [3.8, 4) is 0 Å². The van der Waals surface area contributed by atoms with E-state index in [1.807, 2.05) is 4.90 Å². The summed E-state index contributed by atoms with van der Waals surface area (Å²) in [6.07, 6.45) is 1.81. The van der Waals surface area contributed by atoms with Gasteiger partial charge in [0, 0.05) is 12.6 Å². The SMILES string of the molecule is O=C(O)CC1CCCN1CC(=O)NCc1ccc(F)cc1. The van der Waals surface area contributed by atoms with E-state index in [4.69, 9.17) is 5.11 Å². The number of carboxylic acid groups (broad SMARTS) is 1. The number of aliphatic carboxylic acids is 1. The lowest BCUT2D eigenvalue weighted by Crippen LogP contribution is -2.40. The Morgan fingerprint density at radius 2 is 2.05 bits per heavy atom. The van der Waals surface area contributed by atoms with Gasteiger partial charge in [-0.3, -0.25) is 14.5 Å². The molecule has 1 aromatic rings. The van der Waals surface area contributed by atoms with Crippen LogP contribution in [0.15, 0.2) is 24.3 Å². The Kier molecular flexibility index (Phi) is 5.27. The minimum absolute atomic E-state index is 0.0564. The van der Waals surface area contributed by atoms with Gasteiger partial charge < -0.3 is 10.4 Å². The first-order valence-electron chi connectivity index (χ1n) is 7.01. The highest BCUT2D eigenvalue weighted by molar-refractivity contribution is 5.78. The zero-order valence-corrected chi connectivity index (χ0v) is 11.7. The van der Waals surface area contributed by atoms with Gasteiger partial charge in [-0.15, -0.1) is 0 Å². The number of hydrogen-bond acceptors (Lipinski definition) is 3. The minimum atomic E-state index is -0.835. The van der Waals surface area contributed by atoms with E-state index < -0.39 is 5.97 Å². The highest BCUT2D eigenvalue weighted by Crippen LogP contribution is 2.19. The van der Waals surface area contributed by atoms with Crippen LogP contribution in [-0.2, 0) is 16.1 Å². The lowest BCUT2D eigenvalue weighted by molar-refractivity contribution is -0.138. The summed E-state index contributed by atoms with van der Waals surface area (Å²) in [4.78, 5) is 24.6. The summed E-state index contributed by atoms with van der Waals surface area (Å²) < 4.78 is 12.8. The Balaban J connectivity index is 1.78. The summed E-state index contributed by atoms with van der Waals surface area (Å²) in [6, 6.07) is 5.90. The number of carbonyl (C=O) groups excluding carboxylic acids is 1. The smallest absolute Gasteiger partial charge is 0.304 e. The van der Waals surface area contributed by atoms with Crippen molar-refractivity contribution in [2.45, 2.75) is 31.8 Å².